The van der Waals surface area contributed by atoms with Crippen LogP contribution >= 0.6 is 0 Å². The van der Waals surface area contributed by atoms with Gasteiger partial charge in [0.05, 0.1) is 18.1 Å². The number of alkyl halides is 3. The number of amides is 1. The van der Waals surface area contributed by atoms with Gasteiger partial charge < -0.3 is 15.9 Å². The summed E-state index contributed by atoms with van der Waals surface area (Å²) in [5.41, 5.74) is 4.33. The maximum absolute atomic E-state index is 12.5. The molecule has 106 valence electrons. The van der Waals surface area contributed by atoms with Gasteiger partial charge in [-0.15, -0.1) is 0 Å². The monoisotopic (exact) mass is 277 g/mol. The average molecular weight is 277 g/mol. The molecular weight excluding hydrogens is 263 g/mol. The van der Waals surface area contributed by atoms with Gasteiger partial charge in [0.1, 0.15) is 6.10 Å². The number of nitrogens with two attached hydrogens (primary N) is 1. The minimum Gasteiger partial charge on any atom is -0.390 e. The van der Waals surface area contributed by atoms with Crippen LogP contribution in [0, 0.1) is 6.92 Å². The first kappa shape index (κ1) is 15.5. The van der Waals surface area contributed by atoms with Gasteiger partial charge in [0, 0.05) is 0 Å². The number of benzene rings is 1. The van der Waals surface area contributed by atoms with Crippen molar-refractivity contribution in [2.45, 2.75) is 31.7 Å². The van der Waals surface area contributed by atoms with Gasteiger partial charge in [-0.25, -0.2) is 0 Å². The summed E-state index contributed by atoms with van der Waals surface area (Å²) in [6.07, 6.45) is -7.86. The van der Waals surface area contributed by atoms with Crippen LogP contribution in [0.25, 0.3) is 0 Å². The highest BCUT2D eigenvalue weighted by molar-refractivity contribution is 5.74. The quantitative estimate of drug-likeness (QED) is 0.775. The molecule has 2 atom stereocenters. The molecule has 0 aliphatic rings. The molecule has 0 aromatic heterocycles. The summed E-state index contributed by atoms with van der Waals surface area (Å²) in [6.45, 7) is 1.38. The van der Waals surface area contributed by atoms with Crippen LogP contribution in [0.2, 0.25) is 0 Å². The molecule has 19 heavy (non-hydrogen) atoms. The third kappa shape index (κ3) is 3.93. The highest BCUT2D eigenvalue weighted by atomic mass is 19.4. The van der Waals surface area contributed by atoms with Crippen LogP contribution in [-0.4, -0.2) is 22.2 Å². The molecule has 2 unspecified atom stereocenters. The number of hydrogen-bond donors (Lipinski definition) is 3. The predicted molar refractivity (Wildman–Crippen MR) is 61.0 cm³/mol. The maximum atomic E-state index is 12.5. The van der Waals surface area contributed by atoms with E-state index in [-0.39, 0.29) is 11.1 Å². The Morgan fingerprint density at radius 2 is 1.95 bits per heavy atom. The van der Waals surface area contributed by atoms with Gasteiger partial charge in [-0.2, -0.15) is 13.2 Å². The first-order valence-electron chi connectivity index (χ1n) is 5.45. The predicted octanol–water partition coefficient (Wildman–Crippen LogP) is 1.28. The summed E-state index contributed by atoms with van der Waals surface area (Å²) in [5.74, 6) is -0.809. The van der Waals surface area contributed by atoms with E-state index in [2.05, 4.69) is 0 Å². The Balaban J connectivity index is 2.99. The van der Waals surface area contributed by atoms with Gasteiger partial charge in [0.25, 0.3) is 0 Å². The summed E-state index contributed by atoms with van der Waals surface area (Å²) in [7, 11) is 0. The molecular formula is C12H14F3NO3. The fourth-order valence-electron chi connectivity index (χ4n) is 1.71. The SMILES string of the molecule is Cc1cc(C(F)(F)F)ccc1C(O)C(O)CC(N)=O. The van der Waals surface area contributed by atoms with Crippen molar-refractivity contribution in [3.63, 3.8) is 0 Å². The molecule has 0 spiro atoms. The molecule has 1 aromatic carbocycles. The molecule has 0 bridgehead atoms. The van der Waals surface area contributed by atoms with Crippen molar-refractivity contribution in [3.05, 3.63) is 34.9 Å². The van der Waals surface area contributed by atoms with E-state index >= 15 is 0 Å². The van der Waals surface area contributed by atoms with Crippen molar-refractivity contribution in [1.29, 1.82) is 0 Å². The van der Waals surface area contributed by atoms with E-state index in [0.29, 0.717) is 0 Å². The van der Waals surface area contributed by atoms with Crippen LogP contribution in [0.1, 0.15) is 29.2 Å². The number of hydrogen-bond acceptors (Lipinski definition) is 3. The van der Waals surface area contributed by atoms with Crippen molar-refractivity contribution < 1.29 is 28.2 Å². The molecule has 1 aromatic rings. The topological polar surface area (TPSA) is 83.6 Å². The molecule has 0 saturated carbocycles. The van der Waals surface area contributed by atoms with Crippen LogP contribution in [-0.2, 0) is 11.0 Å². The number of aryl methyl sites for hydroxylation is 1. The zero-order chi connectivity index (χ0) is 14.8. The summed E-state index contributed by atoms with van der Waals surface area (Å²) >= 11 is 0. The Kier molecular flexibility index (Phi) is 4.54. The second-order valence-corrected chi connectivity index (χ2v) is 4.25. The van der Waals surface area contributed by atoms with E-state index in [1.807, 2.05) is 0 Å². The zero-order valence-electron chi connectivity index (χ0n) is 10.1. The minimum absolute atomic E-state index is 0.127. The molecule has 4 N–H and O–H groups in total. The molecule has 0 aliphatic heterocycles. The van der Waals surface area contributed by atoms with Gasteiger partial charge in [-0.05, 0) is 30.2 Å². The van der Waals surface area contributed by atoms with Crippen molar-refractivity contribution in [3.8, 4) is 0 Å². The van der Waals surface area contributed by atoms with Gasteiger partial charge in [-0.1, -0.05) is 6.07 Å². The molecule has 1 amide bonds. The zero-order valence-corrected chi connectivity index (χ0v) is 10.1. The Hall–Kier alpha value is -1.60. The Morgan fingerprint density at radius 1 is 1.37 bits per heavy atom. The molecule has 0 aliphatic carbocycles. The first-order valence-corrected chi connectivity index (χ1v) is 5.45. The number of carbonyl (C=O) groups is 1. The number of aliphatic hydroxyl groups is 2. The van der Waals surface area contributed by atoms with E-state index in [9.17, 15) is 28.2 Å². The first-order chi connectivity index (χ1) is 8.62. The van der Waals surface area contributed by atoms with Crippen LogP contribution in [0.4, 0.5) is 13.2 Å². The number of aliphatic hydroxyl groups excluding tert-OH is 2. The summed E-state index contributed by atoms with van der Waals surface area (Å²) < 4.78 is 37.4. The molecule has 1 rings (SSSR count). The minimum atomic E-state index is -4.47. The lowest BCUT2D eigenvalue weighted by Gasteiger charge is -2.19. The Morgan fingerprint density at radius 3 is 2.37 bits per heavy atom. The maximum Gasteiger partial charge on any atom is 0.416 e. The number of rotatable bonds is 4. The van der Waals surface area contributed by atoms with Crippen LogP contribution in [0.3, 0.4) is 0 Å². The van der Waals surface area contributed by atoms with E-state index in [0.717, 1.165) is 18.2 Å². The number of primary amides is 1. The Bertz CT molecular complexity index is 474. The molecule has 7 heteroatoms. The molecule has 0 radical (unpaired) electrons. The van der Waals surface area contributed by atoms with E-state index in [4.69, 9.17) is 5.73 Å². The third-order valence-electron chi connectivity index (χ3n) is 2.69. The van der Waals surface area contributed by atoms with Gasteiger partial charge >= 0.3 is 6.18 Å². The van der Waals surface area contributed by atoms with Gasteiger partial charge in [0.15, 0.2) is 0 Å². The van der Waals surface area contributed by atoms with E-state index in [1.54, 1.807) is 0 Å². The van der Waals surface area contributed by atoms with Crippen molar-refractivity contribution in [2.75, 3.05) is 0 Å². The highest BCUT2D eigenvalue weighted by Crippen LogP contribution is 2.32. The second-order valence-electron chi connectivity index (χ2n) is 4.25. The van der Waals surface area contributed by atoms with E-state index in [1.165, 1.54) is 6.92 Å². The third-order valence-corrected chi connectivity index (χ3v) is 2.69. The highest BCUT2D eigenvalue weighted by Gasteiger charge is 2.31. The molecule has 0 saturated heterocycles. The van der Waals surface area contributed by atoms with Gasteiger partial charge in [-0.3, -0.25) is 4.79 Å². The Labute approximate surface area is 107 Å². The average Bonchev–Trinajstić information content (AvgIpc) is 2.25. The molecule has 0 fully saturated rings. The van der Waals surface area contributed by atoms with E-state index < -0.39 is 36.3 Å². The van der Waals surface area contributed by atoms with Gasteiger partial charge in [0.2, 0.25) is 5.91 Å². The fraction of sp³-hybridized carbons (Fsp3) is 0.417. The standard InChI is InChI=1S/C12H14F3NO3/c1-6-4-7(12(13,14)15)2-3-8(6)11(19)9(17)5-10(16)18/h2-4,9,11,17,19H,5H2,1H3,(H2,16,18). The molecule has 4 nitrogen and oxygen atoms in total. The van der Waals surface area contributed by atoms with Crippen LogP contribution in [0.5, 0.6) is 0 Å². The lowest BCUT2D eigenvalue weighted by Crippen LogP contribution is -2.26. The smallest absolute Gasteiger partial charge is 0.390 e. The second kappa shape index (κ2) is 5.58. The normalized spacial score (nSPS) is 15.1. The number of carbonyl (C=O) groups excluding carboxylic acids is 1. The largest absolute Gasteiger partial charge is 0.416 e. The number of halogens is 3. The lowest BCUT2D eigenvalue weighted by atomic mass is 9.96. The van der Waals surface area contributed by atoms with Crippen LogP contribution < -0.4 is 5.73 Å². The summed E-state index contributed by atoms with van der Waals surface area (Å²) in [6, 6.07) is 2.76. The fourth-order valence-corrected chi connectivity index (χ4v) is 1.71. The summed E-state index contributed by atoms with van der Waals surface area (Å²) in [4.78, 5) is 10.6. The lowest BCUT2D eigenvalue weighted by molar-refractivity contribution is -0.137. The summed E-state index contributed by atoms with van der Waals surface area (Å²) in [5, 5.41) is 19.3. The molecule has 0 heterocycles. The van der Waals surface area contributed by atoms with Crippen molar-refractivity contribution >= 4 is 5.91 Å². The van der Waals surface area contributed by atoms with Crippen molar-refractivity contribution in [1.82, 2.24) is 0 Å². The van der Waals surface area contributed by atoms with Crippen molar-refractivity contribution in [2.24, 2.45) is 5.73 Å². The van der Waals surface area contributed by atoms with Crippen LogP contribution in [0.15, 0.2) is 18.2 Å².